The lowest BCUT2D eigenvalue weighted by molar-refractivity contribution is 0.253. The Morgan fingerprint density at radius 2 is 1.60 bits per heavy atom. The lowest BCUT2D eigenvalue weighted by atomic mass is 10.2. The summed E-state index contributed by atoms with van der Waals surface area (Å²) in [6, 6.07) is 19.4. The van der Waals surface area contributed by atoms with Gasteiger partial charge >= 0.3 is 6.03 Å². The molecule has 6 nitrogen and oxygen atoms in total. The number of carbonyl (C=O) groups excluding carboxylic acids is 1. The molecule has 4 rings (SSSR count). The van der Waals surface area contributed by atoms with Crippen molar-refractivity contribution in [2.24, 2.45) is 0 Å². The third-order valence-electron chi connectivity index (χ3n) is 4.72. The first-order valence-corrected chi connectivity index (χ1v) is 11.2. The van der Waals surface area contributed by atoms with E-state index in [0.717, 1.165) is 9.87 Å². The number of hydrogen-bond donors (Lipinski definition) is 0. The molecule has 1 heterocycles. The maximum absolute atomic E-state index is 13.4. The van der Waals surface area contributed by atoms with E-state index in [0.29, 0.717) is 23.1 Å². The Kier molecular flexibility index (Phi) is 5.40. The van der Waals surface area contributed by atoms with Crippen molar-refractivity contribution in [3.8, 4) is 5.75 Å². The average Bonchev–Trinajstić information content (AvgIpc) is 2.74. The largest absolute Gasteiger partial charge is 0.494 e. The van der Waals surface area contributed by atoms with Crippen LogP contribution in [0.25, 0.3) is 0 Å². The van der Waals surface area contributed by atoms with Crippen molar-refractivity contribution in [1.82, 2.24) is 0 Å². The summed E-state index contributed by atoms with van der Waals surface area (Å²) in [6.45, 7) is 2.55. The van der Waals surface area contributed by atoms with Gasteiger partial charge in [-0.25, -0.2) is 13.2 Å². The minimum atomic E-state index is -4.06. The third kappa shape index (κ3) is 3.62. The van der Waals surface area contributed by atoms with Crippen LogP contribution < -0.4 is 13.9 Å². The molecule has 30 heavy (non-hydrogen) atoms. The fourth-order valence-corrected chi connectivity index (χ4v) is 5.05. The van der Waals surface area contributed by atoms with Gasteiger partial charge in [0.05, 0.1) is 24.5 Å². The third-order valence-corrected chi connectivity index (χ3v) is 6.72. The molecule has 2 amide bonds. The molecular weight excluding hydrogens is 424 g/mol. The van der Waals surface area contributed by atoms with E-state index in [1.54, 1.807) is 54.6 Å². The zero-order chi connectivity index (χ0) is 21.3. The standard InChI is InChI=1S/C22H19ClN2O4S/c1-2-29-19-13-11-18(12-14-19)25-22(26)24(15-16-7-9-17(23)10-8-16)20-5-3-4-6-21(20)30(25,27)28/h3-14H,2,15H2,1H3. The first kappa shape index (κ1) is 20.3. The van der Waals surface area contributed by atoms with Crippen LogP contribution >= 0.6 is 11.6 Å². The molecular formula is C22H19ClN2O4S. The second-order valence-corrected chi connectivity index (χ2v) is 8.85. The van der Waals surface area contributed by atoms with E-state index in [-0.39, 0.29) is 17.1 Å². The van der Waals surface area contributed by atoms with Crippen LogP contribution in [0.15, 0.2) is 77.7 Å². The topological polar surface area (TPSA) is 66.9 Å². The summed E-state index contributed by atoms with van der Waals surface area (Å²) in [7, 11) is -4.06. The Balaban J connectivity index is 1.79. The van der Waals surface area contributed by atoms with Crippen LogP contribution in [0.5, 0.6) is 5.75 Å². The highest BCUT2D eigenvalue weighted by molar-refractivity contribution is 7.94. The van der Waals surface area contributed by atoms with Crippen LogP contribution in [-0.2, 0) is 16.6 Å². The zero-order valence-electron chi connectivity index (χ0n) is 16.2. The van der Waals surface area contributed by atoms with Crippen molar-refractivity contribution in [3.63, 3.8) is 0 Å². The van der Waals surface area contributed by atoms with E-state index >= 15 is 0 Å². The minimum absolute atomic E-state index is 0.0763. The molecule has 1 aliphatic rings. The van der Waals surface area contributed by atoms with Gasteiger partial charge in [0, 0.05) is 5.02 Å². The predicted molar refractivity (Wildman–Crippen MR) is 117 cm³/mol. The van der Waals surface area contributed by atoms with E-state index in [4.69, 9.17) is 16.3 Å². The number of rotatable bonds is 5. The Bertz CT molecular complexity index is 1180. The van der Waals surface area contributed by atoms with E-state index < -0.39 is 16.1 Å². The van der Waals surface area contributed by atoms with Crippen LogP contribution in [-0.4, -0.2) is 21.1 Å². The van der Waals surface area contributed by atoms with Crippen LogP contribution in [0.1, 0.15) is 12.5 Å². The smallest absolute Gasteiger partial charge is 0.343 e. The fourth-order valence-electron chi connectivity index (χ4n) is 3.33. The molecule has 3 aromatic carbocycles. The zero-order valence-corrected chi connectivity index (χ0v) is 17.7. The van der Waals surface area contributed by atoms with Gasteiger partial charge in [-0.05, 0) is 61.0 Å². The average molecular weight is 443 g/mol. The molecule has 8 heteroatoms. The second-order valence-electron chi connectivity index (χ2n) is 6.66. The summed E-state index contributed by atoms with van der Waals surface area (Å²) in [6.07, 6.45) is 0. The molecule has 0 bridgehead atoms. The van der Waals surface area contributed by atoms with Crippen molar-refractivity contribution >= 4 is 39.0 Å². The Hall–Kier alpha value is -3.03. The monoisotopic (exact) mass is 442 g/mol. The SMILES string of the molecule is CCOc1ccc(N2C(=O)N(Cc3ccc(Cl)cc3)c3ccccc3S2(=O)=O)cc1. The van der Waals surface area contributed by atoms with Crippen molar-refractivity contribution in [3.05, 3.63) is 83.4 Å². The molecule has 0 fully saturated rings. The molecule has 154 valence electrons. The second kappa shape index (κ2) is 8.01. The number of para-hydroxylation sites is 1. The molecule has 0 saturated carbocycles. The molecule has 3 aromatic rings. The van der Waals surface area contributed by atoms with Crippen LogP contribution in [0.4, 0.5) is 16.2 Å². The normalized spacial score (nSPS) is 15.1. The highest BCUT2D eigenvalue weighted by Crippen LogP contribution is 2.38. The molecule has 1 aliphatic heterocycles. The Morgan fingerprint density at radius 1 is 0.933 bits per heavy atom. The number of urea groups is 1. The maximum Gasteiger partial charge on any atom is 0.343 e. The summed E-state index contributed by atoms with van der Waals surface area (Å²) >= 11 is 5.96. The fraction of sp³-hybridized carbons (Fsp3) is 0.136. The van der Waals surface area contributed by atoms with E-state index in [9.17, 15) is 13.2 Å². The first-order chi connectivity index (χ1) is 14.4. The summed E-state index contributed by atoms with van der Waals surface area (Å²) < 4.78 is 32.8. The Morgan fingerprint density at radius 3 is 2.27 bits per heavy atom. The minimum Gasteiger partial charge on any atom is -0.494 e. The van der Waals surface area contributed by atoms with Crippen LogP contribution in [0.2, 0.25) is 5.02 Å². The molecule has 0 atom stereocenters. The number of hydrogen-bond acceptors (Lipinski definition) is 4. The summed E-state index contributed by atoms with van der Waals surface area (Å²) in [5.41, 5.74) is 1.42. The summed E-state index contributed by atoms with van der Waals surface area (Å²) in [4.78, 5) is 14.9. The summed E-state index contributed by atoms with van der Waals surface area (Å²) in [5, 5.41) is 0.586. The van der Waals surface area contributed by atoms with Gasteiger partial charge in [0.2, 0.25) is 0 Å². The number of anilines is 2. The van der Waals surface area contributed by atoms with E-state index in [2.05, 4.69) is 0 Å². The number of benzene rings is 3. The molecule has 0 saturated heterocycles. The molecule has 0 unspecified atom stereocenters. The first-order valence-electron chi connectivity index (χ1n) is 9.35. The molecule has 0 spiro atoms. The number of halogens is 1. The van der Waals surface area contributed by atoms with E-state index in [1.807, 2.05) is 19.1 Å². The van der Waals surface area contributed by atoms with Crippen LogP contribution in [0.3, 0.4) is 0 Å². The van der Waals surface area contributed by atoms with Gasteiger partial charge in [0.15, 0.2) is 0 Å². The van der Waals surface area contributed by atoms with Gasteiger partial charge in [-0.1, -0.05) is 35.9 Å². The van der Waals surface area contributed by atoms with Crippen molar-refractivity contribution in [2.75, 3.05) is 15.8 Å². The number of nitrogens with zero attached hydrogens (tertiary/aromatic N) is 2. The lowest BCUT2D eigenvalue weighted by Gasteiger charge is -2.36. The van der Waals surface area contributed by atoms with Crippen molar-refractivity contribution in [1.29, 1.82) is 0 Å². The number of sulfonamides is 1. The number of carbonyl (C=O) groups is 1. The number of fused-ring (bicyclic) bond motifs is 1. The van der Waals surface area contributed by atoms with E-state index in [1.165, 1.54) is 11.0 Å². The van der Waals surface area contributed by atoms with Gasteiger partial charge in [-0.15, -0.1) is 0 Å². The molecule has 0 N–H and O–H groups in total. The van der Waals surface area contributed by atoms with Crippen molar-refractivity contribution in [2.45, 2.75) is 18.4 Å². The summed E-state index contributed by atoms with van der Waals surface area (Å²) in [5.74, 6) is 0.599. The number of amides is 2. The predicted octanol–water partition coefficient (Wildman–Crippen LogP) is 5.07. The van der Waals surface area contributed by atoms with Crippen LogP contribution in [0, 0.1) is 0 Å². The van der Waals surface area contributed by atoms with Crippen molar-refractivity contribution < 1.29 is 17.9 Å². The maximum atomic E-state index is 13.4. The quantitative estimate of drug-likeness (QED) is 0.553. The van der Waals surface area contributed by atoms with Gasteiger partial charge in [0.1, 0.15) is 10.6 Å². The Labute approximate surface area is 180 Å². The number of ether oxygens (including phenoxy) is 1. The highest BCUT2D eigenvalue weighted by Gasteiger charge is 2.42. The van der Waals surface area contributed by atoms with Gasteiger partial charge in [0.25, 0.3) is 10.0 Å². The molecule has 0 aliphatic carbocycles. The molecule has 0 aromatic heterocycles. The molecule has 0 radical (unpaired) electrons. The van der Waals surface area contributed by atoms with Gasteiger partial charge in [-0.2, -0.15) is 4.31 Å². The van der Waals surface area contributed by atoms with Gasteiger partial charge in [-0.3, -0.25) is 4.90 Å². The highest BCUT2D eigenvalue weighted by atomic mass is 35.5. The lowest BCUT2D eigenvalue weighted by Crippen LogP contribution is -2.50. The van der Waals surface area contributed by atoms with Gasteiger partial charge < -0.3 is 4.74 Å².